The summed E-state index contributed by atoms with van der Waals surface area (Å²) >= 11 is 0. The lowest BCUT2D eigenvalue weighted by Crippen LogP contribution is -2.51. The third-order valence-corrected chi connectivity index (χ3v) is 5.48. The smallest absolute Gasteiger partial charge is 0.272 e. The van der Waals surface area contributed by atoms with Crippen molar-refractivity contribution in [3.05, 3.63) is 54.0 Å². The van der Waals surface area contributed by atoms with Gasteiger partial charge in [-0.05, 0) is 12.5 Å². The molecule has 2 saturated heterocycles. The molecule has 2 aromatic heterocycles. The Morgan fingerprint density at radius 2 is 2.03 bits per heavy atom. The zero-order valence-electron chi connectivity index (χ0n) is 15.9. The minimum atomic E-state index is -0.0704. The first-order valence-corrected chi connectivity index (χ1v) is 9.76. The van der Waals surface area contributed by atoms with Crippen LogP contribution in [0.2, 0.25) is 0 Å². The molecule has 148 valence electrons. The van der Waals surface area contributed by atoms with Crippen LogP contribution < -0.4 is 0 Å². The van der Waals surface area contributed by atoms with E-state index in [-0.39, 0.29) is 17.9 Å². The Morgan fingerprint density at radius 3 is 2.79 bits per heavy atom. The van der Waals surface area contributed by atoms with E-state index in [0.717, 1.165) is 29.9 Å². The molecule has 1 N–H and O–H groups in total. The fourth-order valence-corrected chi connectivity index (χ4v) is 3.78. The van der Waals surface area contributed by atoms with Gasteiger partial charge >= 0.3 is 0 Å². The normalized spacial score (nSPS) is 17.0. The number of carbonyl (C=O) groups excluding carboxylic acids is 2. The number of aromatic nitrogens is 5. The SMILES string of the molecule is O=C1CCCN1Cc1cn(C2CN(C(=O)c3cc(-c4ccccc4)n[nH]3)C2)nn1. The standard InChI is InChI=1S/C20H21N7O2/c28-19-7-4-8-25(19)10-15-11-27(24-21-15)16-12-26(13-16)20(29)18-9-17(22-23-18)14-5-2-1-3-6-14/h1-3,5-6,9,11,16H,4,7-8,10,12-13H2,(H,22,23). The molecule has 0 unspecified atom stereocenters. The first kappa shape index (κ1) is 17.6. The first-order chi connectivity index (χ1) is 14.2. The van der Waals surface area contributed by atoms with Crippen LogP contribution in [-0.2, 0) is 11.3 Å². The second-order valence-electron chi connectivity index (χ2n) is 7.51. The van der Waals surface area contributed by atoms with Gasteiger partial charge in [-0.25, -0.2) is 4.68 Å². The van der Waals surface area contributed by atoms with E-state index in [9.17, 15) is 9.59 Å². The Balaban J connectivity index is 1.19. The van der Waals surface area contributed by atoms with Crippen LogP contribution in [-0.4, -0.2) is 66.4 Å². The van der Waals surface area contributed by atoms with E-state index in [1.54, 1.807) is 15.6 Å². The van der Waals surface area contributed by atoms with Crippen LogP contribution >= 0.6 is 0 Å². The highest BCUT2D eigenvalue weighted by Crippen LogP contribution is 2.24. The Bertz CT molecular complexity index is 1040. The number of nitrogens with one attached hydrogen (secondary N) is 1. The van der Waals surface area contributed by atoms with Crippen LogP contribution in [0.4, 0.5) is 0 Å². The van der Waals surface area contributed by atoms with E-state index in [1.807, 2.05) is 41.4 Å². The number of H-pyrrole nitrogens is 1. The van der Waals surface area contributed by atoms with Gasteiger partial charge in [0, 0.05) is 31.6 Å². The maximum atomic E-state index is 12.7. The predicted molar refractivity (Wildman–Crippen MR) is 104 cm³/mol. The average Bonchev–Trinajstić information content (AvgIpc) is 3.44. The third kappa shape index (κ3) is 3.39. The van der Waals surface area contributed by atoms with Crippen molar-refractivity contribution >= 4 is 11.8 Å². The number of amides is 2. The lowest BCUT2D eigenvalue weighted by molar-refractivity contribution is -0.128. The van der Waals surface area contributed by atoms with Crippen LogP contribution in [0.1, 0.15) is 35.1 Å². The maximum Gasteiger partial charge on any atom is 0.272 e. The molecule has 2 aliphatic heterocycles. The van der Waals surface area contributed by atoms with Gasteiger partial charge in [0.15, 0.2) is 0 Å². The number of rotatable bonds is 5. The summed E-state index contributed by atoms with van der Waals surface area (Å²) in [5, 5.41) is 15.5. The monoisotopic (exact) mass is 391 g/mol. The van der Waals surface area contributed by atoms with Crippen molar-refractivity contribution in [3.8, 4) is 11.3 Å². The fraction of sp³-hybridized carbons (Fsp3) is 0.350. The Hall–Kier alpha value is -3.49. The number of hydrogen-bond donors (Lipinski definition) is 1. The molecule has 9 nitrogen and oxygen atoms in total. The summed E-state index contributed by atoms with van der Waals surface area (Å²) in [7, 11) is 0. The summed E-state index contributed by atoms with van der Waals surface area (Å²) < 4.78 is 1.79. The van der Waals surface area contributed by atoms with Crippen molar-refractivity contribution in [1.29, 1.82) is 0 Å². The molecule has 2 amide bonds. The molecule has 5 rings (SSSR count). The van der Waals surface area contributed by atoms with Crippen molar-refractivity contribution in [2.45, 2.75) is 25.4 Å². The average molecular weight is 391 g/mol. The van der Waals surface area contributed by atoms with Crippen LogP contribution in [0.15, 0.2) is 42.6 Å². The van der Waals surface area contributed by atoms with Gasteiger partial charge in [0.05, 0.1) is 24.5 Å². The second kappa shape index (κ2) is 7.16. The Kier molecular flexibility index (Phi) is 4.34. The summed E-state index contributed by atoms with van der Waals surface area (Å²) in [5.74, 6) is 0.105. The van der Waals surface area contributed by atoms with Gasteiger partial charge in [0.1, 0.15) is 11.4 Å². The summed E-state index contributed by atoms with van der Waals surface area (Å²) in [6.45, 7) is 2.44. The zero-order chi connectivity index (χ0) is 19.8. The zero-order valence-corrected chi connectivity index (χ0v) is 15.9. The van der Waals surface area contributed by atoms with E-state index in [2.05, 4.69) is 20.5 Å². The molecule has 2 fully saturated rings. The number of carbonyl (C=O) groups is 2. The Morgan fingerprint density at radius 1 is 1.21 bits per heavy atom. The fourth-order valence-electron chi connectivity index (χ4n) is 3.78. The van der Waals surface area contributed by atoms with Crippen molar-refractivity contribution in [2.24, 2.45) is 0 Å². The van der Waals surface area contributed by atoms with Crippen molar-refractivity contribution in [1.82, 2.24) is 35.0 Å². The minimum Gasteiger partial charge on any atom is -0.337 e. The van der Waals surface area contributed by atoms with Gasteiger partial charge in [-0.3, -0.25) is 14.7 Å². The molecular weight excluding hydrogens is 370 g/mol. The van der Waals surface area contributed by atoms with E-state index < -0.39 is 0 Å². The quantitative estimate of drug-likeness (QED) is 0.710. The number of nitrogens with zero attached hydrogens (tertiary/aromatic N) is 6. The van der Waals surface area contributed by atoms with E-state index >= 15 is 0 Å². The highest BCUT2D eigenvalue weighted by molar-refractivity contribution is 5.94. The summed E-state index contributed by atoms with van der Waals surface area (Å²) in [5.41, 5.74) is 2.99. The van der Waals surface area contributed by atoms with Gasteiger partial charge in [-0.2, -0.15) is 5.10 Å². The van der Waals surface area contributed by atoms with Gasteiger partial charge < -0.3 is 9.80 Å². The number of hydrogen-bond acceptors (Lipinski definition) is 5. The lowest BCUT2D eigenvalue weighted by Gasteiger charge is -2.38. The number of benzene rings is 1. The molecule has 1 aromatic carbocycles. The van der Waals surface area contributed by atoms with Gasteiger partial charge in [-0.1, -0.05) is 35.5 Å². The van der Waals surface area contributed by atoms with Crippen LogP contribution in [0, 0.1) is 0 Å². The topological polar surface area (TPSA) is 100 Å². The maximum absolute atomic E-state index is 12.7. The van der Waals surface area contributed by atoms with E-state index in [0.29, 0.717) is 31.7 Å². The first-order valence-electron chi connectivity index (χ1n) is 9.76. The van der Waals surface area contributed by atoms with Crippen LogP contribution in [0.5, 0.6) is 0 Å². The van der Waals surface area contributed by atoms with Gasteiger partial charge in [-0.15, -0.1) is 5.10 Å². The molecule has 29 heavy (non-hydrogen) atoms. The number of aromatic amines is 1. The van der Waals surface area contributed by atoms with Crippen LogP contribution in [0.3, 0.4) is 0 Å². The molecule has 0 bridgehead atoms. The predicted octanol–water partition coefficient (Wildman–Crippen LogP) is 1.49. The Labute approximate surface area is 167 Å². The molecular formula is C20H21N7O2. The summed E-state index contributed by atoms with van der Waals surface area (Å²) in [4.78, 5) is 28.0. The molecule has 9 heteroatoms. The van der Waals surface area contributed by atoms with Gasteiger partial charge in [0.2, 0.25) is 5.91 Å². The molecule has 0 saturated carbocycles. The van der Waals surface area contributed by atoms with Crippen molar-refractivity contribution < 1.29 is 9.59 Å². The van der Waals surface area contributed by atoms with Crippen molar-refractivity contribution in [2.75, 3.05) is 19.6 Å². The van der Waals surface area contributed by atoms with Crippen molar-refractivity contribution in [3.63, 3.8) is 0 Å². The van der Waals surface area contributed by atoms with Gasteiger partial charge in [0.25, 0.3) is 5.91 Å². The highest BCUT2D eigenvalue weighted by Gasteiger charge is 2.34. The molecule has 0 aliphatic carbocycles. The minimum absolute atomic E-state index is 0.0704. The second-order valence-corrected chi connectivity index (χ2v) is 7.51. The van der Waals surface area contributed by atoms with E-state index in [1.165, 1.54) is 0 Å². The largest absolute Gasteiger partial charge is 0.337 e. The highest BCUT2D eigenvalue weighted by atomic mass is 16.2. The van der Waals surface area contributed by atoms with Crippen LogP contribution in [0.25, 0.3) is 11.3 Å². The number of likely N-dealkylation sites (tertiary alicyclic amines) is 2. The molecule has 0 spiro atoms. The molecule has 3 aromatic rings. The molecule has 0 atom stereocenters. The molecule has 2 aliphatic rings. The summed E-state index contributed by atoms with van der Waals surface area (Å²) in [6.07, 6.45) is 3.40. The summed E-state index contributed by atoms with van der Waals surface area (Å²) in [6, 6.07) is 11.6. The molecule has 0 radical (unpaired) electrons. The lowest BCUT2D eigenvalue weighted by atomic mass is 10.1. The molecule has 4 heterocycles. The van der Waals surface area contributed by atoms with E-state index in [4.69, 9.17) is 0 Å². The third-order valence-electron chi connectivity index (χ3n) is 5.48.